The van der Waals surface area contributed by atoms with Crippen molar-refractivity contribution in [1.29, 1.82) is 0 Å². The normalized spacial score (nSPS) is 11.5. The Morgan fingerprint density at radius 2 is 1.30 bits per heavy atom. The number of carbonyl (C=O) groups excluding carboxylic acids is 1. The van der Waals surface area contributed by atoms with Gasteiger partial charge in [0, 0.05) is 6.42 Å². The summed E-state index contributed by atoms with van der Waals surface area (Å²) >= 11 is 0. The molecule has 0 saturated carbocycles. The van der Waals surface area contributed by atoms with E-state index in [4.69, 9.17) is 4.74 Å². The quantitative estimate of drug-likeness (QED) is 0.194. The SMILES string of the molecule is CCCCCCCCCCCC[N+](C)(C)CCCOC(=O)c1ccccc1. The predicted octanol–water partition coefficient (Wildman–Crippen LogP) is 6.23. The number of benzene rings is 1. The summed E-state index contributed by atoms with van der Waals surface area (Å²) in [5.74, 6) is -0.212. The molecule has 1 aromatic rings. The van der Waals surface area contributed by atoms with Crippen LogP contribution in [0.2, 0.25) is 0 Å². The molecule has 0 aliphatic rings. The molecule has 0 radical (unpaired) electrons. The molecule has 0 aliphatic heterocycles. The van der Waals surface area contributed by atoms with Crippen molar-refractivity contribution in [2.24, 2.45) is 0 Å². The fourth-order valence-electron chi connectivity index (χ4n) is 3.45. The lowest BCUT2D eigenvalue weighted by Gasteiger charge is -2.29. The van der Waals surface area contributed by atoms with Gasteiger partial charge >= 0.3 is 5.97 Å². The third-order valence-electron chi connectivity index (χ3n) is 5.27. The minimum absolute atomic E-state index is 0.212. The Labute approximate surface area is 167 Å². The lowest BCUT2D eigenvalue weighted by Crippen LogP contribution is -2.41. The molecule has 1 rings (SSSR count). The van der Waals surface area contributed by atoms with Crippen LogP contribution in [0.3, 0.4) is 0 Å². The van der Waals surface area contributed by atoms with Gasteiger partial charge in [-0.3, -0.25) is 0 Å². The Hall–Kier alpha value is -1.35. The molecule has 0 unspecified atom stereocenters. The van der Waals surface area contributed by atoms with Crippen LogP contribution in [0.4, 0.5) is 0 Å². The summed E-state index contributed by atoms with van der Waals surface area (Å²) in [6.07, 6.45) is 14.8. The molecule has 3 heteroatoms. The van der Waals surface area contributed by atoms with Crippen LogP contribution in [0.5, 0.6) is 0 Å². The smallest absolute Gasteiger partial charge is 0.338 e. The van der Waals surface area contributed by atoms with Gasteiger partial charge in [-0.25, -0.2) is 4.79 Å². The maximum Gasteiger partial charge on any atom is 0.338 e. The molecule has 3 nitrogen and oxygen atoms in total. The van der Waals surface area contributed by atoms with Crippen LogP contribution in [0.25, 0.3) is 0 Å². The average molecular weight is 377 g/mol. The van der Waals surface area contributed by atoms with E-state index in [1.807, 2.05) is 18.2 Å². The van der Waals surface area contributed by atoms with E-state index in [9.17, 15) is 4.79 Å². The number of quaternary nitrogens is 1. The second-order valence-electron chi connectivity index (χ2n) is 8.42. The monoisotopic (exact) mass is 376 g/mol. The van der Waals surface area contributed by atoms with Gasteiger partial charge in [0.15, 0.2) is 0 Å². The van der Waals surface area contributed by atoms with Gasteiger partial charge in [0.25, 0.3) is 0 Å². The first-order valence-corrected chi connectivity index (χ1v) is 11.1. The highest BCUT2D eigenvalue weighted by molar-refractivity contribution is 5.89. The van der Waals surface area contributed by atoms with E-state index in [0.29, 0.717) is 12.2 Å². The standard InChI is InChI=1S/C24H42NO2/c1-4-5-6-7-8-9-10-11-12-16-20-25(2,3)21-17-22-27-24(26)23-18-14-13-15-19-23/h13-15,18-19H,4-12,16-17,20-22H2,1-3H3/q+1. The van der Waals surface area contributed by atoms with Crippen LogP contribution in [-0.4, -0.2) is 44.2 Å². The van der Waals surface area contributed by atoms with E-state index in [0.717, 1.165) is 17.4 Å². The first-order valence-electron chi connectivity index (χ1n) is 11.1. The first-order chi connectivity index (χ1) is 13.0. The van der Waals surface area contributed by atoms with Crippen molar-refractivity contribution in [3.05, 3.63) is 35.9 Å². The van der Waals surface area contributed by atoms with Crippen molar-refractivity contribution in [2.75, 3.05) is 33.8 Å². The largest absolute Gasteiger partial charge is 0.462 e. The van der Waals surface area contributed by atoms with Gasteiger partial charge in [-0.15, -0.1) is 0 Å². The number of hydrogen-bond donors (Lipinski definition) is 0. The molecule has 0 saturated heterocycles. The van der Waals surface area contributed by atoms with Crippen molar-refractivity contribution < 1.29 is 14.0 Å². The highest BCUT2D eigenvalue weighted by Gasteiger charge is 2.14. The molecule has 1 aromatic carbocycles. The maximum absolute atomic E-state index is 11.9. The van der Waals surface area contributed by atoms with Crippen LogP contribution in [0.1, 0.15) is 87.9 Å². The number of rotatable bonds is 16. The van der Waals surface area contributed by atoms with Crippen molar-refractivity contribution in [2.45, 2.75) is 77.6 Å². The van der Waals surface area contributed by atoms with Crippen LogP contribution < -0.4 is 0 Å². The van der Waals surface area contributed by atoms with E-state index in [-0.39, 0.29) is 5.97 Å². The topological polar surface area (TPSA) is 26.3 Å². The van der Waals surface area contributed by atoms with Gasteiger partial charge in [-0.05, 0) is 25.0 Å². The fourth-order valence-corrected chi connectivity index (χ4v) is 3.45. The molecule has 0 heterocycles. The minimum atomic E-state index is -0.212. The molecule has 154 valence electrons. The van der Waals surface area contributed by atoms with Crippen LogP contribution in [0.15, 0.2) is 30.3 Å². The summed E-state index contributed by atoms with van der Waals surface area (Å²) in [6.45, 7) is 5.05. The van der Waals surface area contributed by atoms with Gasteiger partial charge in [-0.2, -0.15) is 0 Å². The highest BCUT2D eigenvalue weighted by Crippen LogP contribution is 2.12. The van der Waals surface area contributed by atoms with Crippen LogP contribution >= 0.6 is 0 Å². The molecule has 0 amide bonds. The molecule has 0 N–H and O–H groups in total. The zero-order valence-electron chi connectivity index (χ0n) is 18.0. The molecular weight excluding hydrogens is 334 g/mol. The van der Waals surface area contributed by atoms with E-state index in [1.54, 1.807) is 12.1 Å². The van der Waals surface area contributed by atoms with Crippen molar-refractivity contribution in [3.63, 3.8) is 0 Å². The van der Waals surface area contributed by atoms with Gasteiger partial charge < -0.3 is 9.22 Å². The third kappa shape index (κ3) is 12.6. The summed E-state index contributed by atoms with van der Waals surface area (Å²) < 4.78 is 6.39. The van der Waals surface area contributed by atoms with E-state index in [1.165, 1.54) is 70.8 Å². The molecule has 0 aromatic heterocycles. The Kier molecular flexibility index (Phi) is 12.9. The molecular formula is C24H42NO2+. The average Bonchev–Trinajstić information content (AvgIpc) is 2.67. The lowest BCUT2D eigenvalue weighted by atomic mass is 10.1. The molecule has 0 aliphatic carbocycles. The van der Waals surface area contributed by atoms with Crippen molar-refractivity contribution in [3.8, 4) is 0 Å². The number of esters is 1. The summed E-state index contributed by atoms with van der Waals surface area (Å²) in [5.41, 5.74) is 0.636. The summed E-state index contributed by atoms with van der Waals surface area (Å²) in [7, 11) is 4.57. The van der Waals surface area contributed by atoms with Crippen molar-refractivity contribution in [1.82, 2.24) is 0 Å². The van der Waals surface area contributed by atoms with Gasteiger partial charge in [0.2, 0.25) is 0 Å². The summed E-state index contributed by atoms with van der Waals surface area (Å²) in [5, 5.41) is 0. The second kappa shape index (κ2) is 14.7. The first kappa shape index (κ1) is 23.7. The Balaban J connectivity index is 1.98. The highest BCUT2D eigenvalue weighted by atomic mass is 16.5. The second-order valence-corrected chi connectivity index (χ2v) is 8.42. The Bertz CT molecular complexity index is 484. The van der Waals surface area contributed by atoms with Gasteiger partial charge in [0.1, 0.15) is 0 Å². The molecule has 0 spiro atoms. The zero-order chi connectivity index (χ0) is 19.8. The number of ether oxygens (including phenoxy) is 1. The summed E-state index contributed by atoms with van der Waals surface area (Å²) in [4.78, 5) is 11.9. The zero-order valence-corrected chi connectivity index (χ0v) is 18.0. The lowest BCUT2D eigenvalue weighted by molar-refractivity contribution is -0.890. The van der Waals surface area contributed by atoms with Crippen LogP contribution in [0, 0.1) is 0 Å². The molecule has 0 fully saturated rings. The van der Waals surface area contributed by atoms with E-state index in [2.05, 4.69) is 21.0 Å². The third-order valence-corrected chi connectivity index (χ3v) is 5.27. The number of carbonyl (C=O) groups is 1. The number of unbranched alkanes of at least 4 members (excludes halogenated alkanes) is 9. The molecule has 0 atom stereocenters. The predicted molar refractivity (Wildman–Crippen MR) is 115 cm³/mol. The summed E-state index contributed by atoms with van der Waals surface area (Å²) in [6, 6.07) is 9.23. The minimum Gasteiger partial charge on any atom is -0.462 e. The number of hydrogen-bond acceptors (Lipinski definition) is 2. The van der Waals surface area contributed by atoms with Crippen LogP contribution in [-0.2, 0) is 4.74 Å². The fraction of sp³-hybridized carbons (Fsp3) is 0.708. The van der Waals surface area contributed by atoms with Crippen molar-refractivity contribution >= 4 is 5.97 Å². The maximum atomic E-state index is 11.9. The van der Waals surface area contributed by atoms with E-state index >= 15 is 0 Å². The number of nitrogens with zero attached hydrogens (tertiary/aromatic N) is 1. The van der Waals surface area contributed by atoms with Gasteiger partial charge in [-0.1, -0.05) is 76.5 Å². The van der Waals surface area contributed by atoms with E-state index < -0.39 is 0 Å². The van der Waals surface area contributed by atoms with Gasteiger partial charge in [0.05, 0.1) is 39.4 Å². The Morgan fingerprint density at radius 1 is 0.778 bits per heavy atom. The Morgan fingerprint density at radius 3 is 1.89 bits per heavy atom. The molecule has 0 bridgehead atoms. The molecule has 27 heavy (non-hydrogen) atoms.